The Morgan fingerprint density at radius 3 is 2.68 bits per heavy atom. The van der Waals surface area contributed by atoms with E-state index >= 15 is 0 Å². The summed E-state index contributed by atoms with van der Waals surface area (Å²) < 4.78 is 13.4. The molecule has 1 aliphatic rings. The summed E-state index contributed by atoms with van der Waals surface area (Å²) in [6.45, 7) is 3.72. The highest BCUT2D eigenvalue weighted by atomic mass is 19.1. The van der Waals surface area contributed by atoms with Crippen molar-refractivity contribution in [2.75, 3.05) is 6.54 Å². The van der Waals surface area contributed by atoms with Gasteiger partial charge in [-0.1, -0.05) is 25.8 Å². The Bertz CT molecular complexity index is 471. The fourth-order valence-electron chi connectivity index (χ4n) is 2.72. The molecule has 0 unspecified atom stereocenters. The Kier molecular flexibility index (Phi) is 4.14. The van der Waals surface area contributed by atoms with E-state index in [1.165, 1.54) is 37.8 Å². The zero-order valence-corrected chi connectivity index (χ0v) is 11.1. The number of rotatable bonds is 5. The maximum atomic E-state index is 13.4. The van der Waals surface area contributed by atoms with E-state index in [0.29, 0.717) is 12.0 Å². The molecule has 1 fully saturated rings. The Hall–Kier alpha value is -1.49. The highest BCUT2D eigenvalue weighted by Gasteiger charge is 2.27. The summed E-state index contributed by atoms with van der Waals surface area (Å²) in [5.41, 5.74) is 0.621. The van der Waals surface area contributed by atoms with Crippen LogP contribution in [0.2, 0.25) is 0 Å². The van der Waals surface area contributed by atoms with Crippen molar-refractivity contribution >= 4 is 5.69 Å². The first kappa shape index (κ1) is 13.9. The molecular weight excluding hydrogens is 247 g/mol. The minimum atomic E-state index is -0.767. The summed E-state index contributed by atoms with van der Waals surface area (Å²) in [6.07, 6.45) is 5.03. The third-order valence-electron chi connectivity index (χ3n) is 3.90. The van der Waals surface area contributed by atoms with Crippen molar-refractivity contribution in [1.82, 2.24) is 5.32 Å². The smallest absolute Gasteiger partial charge is 0.304 e. The van der Waals surface area contributed by atoms with Crippen molar-refractivity contribution in [3.8, 4) is 0 Å². The molecule has 1 saturated carbocycles. The number of hydrogen-bond donors (Lipinski definition) is 1. The van der Waals surface area contributed by atoms with Crippen LogP contribution in [0.1, 0.15) is 38.2 Å². The van der Waals surface area contributed by atoms with Crippen LogP contribution in [0.25, 0.3) is 0 Å². The predicted molar refractivity (Wildman–Crippen MR) is 71.3 cm³/mol. The molecule has 0 spiro atoms. The van der Waals surface area contributed by atoms with Crippen LogP contribution in [-0.4, -0.2) is 11.5 Å². The van der Waals surface area contributed by atoms with Gasteiger partial charge in [-0.3, -0.25) is 10.1 Å². The summed E-state index contributed by atoms with van der Waals surface area (Å²) in [5.74, 6) is -0.767. The molecule has 1 aromatic rings. The molecule has 0 aromatic heterocycles. The molecule has 0 radical (unpaired) electrons. The molecule has 0 aliphatic heterocycles. The summed E-state index contributed by atoms with van der Waals surface area (Å²) in [5, 5.41) is 13.8. The quantitative estimate of drug-likeness (QED) is 0.656. The molecule has 1 aliphatic carbocycles. The topological polar surface area (TPSA) is 55.2 Å². The van der Waals surface area contributed by atoms with Gasteiger partial charge in [-0.15, -0.1) is 0 Å². The molecule has 1 aromatic carbocycles. The van der Waals surface area contributed by atoms with Gasteiger partial charge in [-0.2, -0.15) is 4.39 Å². The lowest BCUT2D eigenvalue weighted by molar-refractivity contribution is -0.387. The van der Waals surface area contributed by atoms with Crippen LogP contribution in [-0.2, 0) is 6.54 Å². The van der Waals surface area contributed by atoms with Gasteiger partial charge >= 0.3 is 5.69 Å². The monoisotopic (exact) mass is 266 g/mol. The average Bonchev–Trinajstić information content (AvgIpc) is 2.76. The second-order valence-electron chi connectivity index (χ2n) is 5.66. The van der Waals surface area contributed by atoms with Crippen LogP contribution < -0.4 is 5.32 Å². The van der Waals surface area contributed by atoms with Crippen LogP contribution in [0.4, 0.5) is 10.1 Å². The summed E-state index contributed by atoms with van der Waals surface area (Å²) in [7, 11) is 0. The molecule has 0 amide bonds. The lowest BCUT2D eigenvalue weighted by Crippen LogP contribution is -2.29. The number of nitro benzene ring substituents is 1. The fraction of sp³-hybridized carbons (Fsp3) is 0.571. The second-order valence-corrected chi connectivity index (χ2v) is 5.66. The Labute approximate surface area is 112 Å². The normalized spacial score (nSPS) is 17.6. The number of nitro groups is 1. The van der Waals surface area contributed by atoms with Crippen molar-refractivity contribution in [3.63, 3.8) is 0 Å². The Morgan fingerprint density at radius 2 is 2.11 bits per heavy atom. The first-order chi connectivity index (χ1) is 9.00. The molecule has 5 heteroatoms. The lowest BCUT2D eigenvalue weighted by Gasteiger charge is -2.23. The highest BCUT2D eigenvalue weighted by Crippen LogP contribution is 2.36. The van der Waals surface area contributed by atoms with E-state index in [4.69, 9.17) is 0 Å². The summed E-state index contributed by atoms with van der Waals surface area (Å²) in [4.78, 5) is 9.81. The van der Waals surface area contributed by atoms with Gasteiger partial charge in [0.25, 0.3) is 0 Å². The van der Waals surface area contributed by atoms with E-state index in [1.54, 1.807) is 6.07 Å². The minimum absolute atomic E-state index is 0.347. The van der Waals surface area contributed by atoms with Crippen molar-refractivity contribution in [3.05, 3.63) is 39.7 Å². The van der Waals surface area contributed by atoms with Crippen LogP contribution in [0, 0.1) is 21.3 Å². The minimum Gasteiger partial charge on any atom is -0.312 e. The van der Waals surface area contributed by atoms with Crippen LogP contribution in [0.3, 0.4) is 0 Å². The molecule has 0 atom stereocenters. The standard InChI is InChI=1S/C14H19FN2O2/c1-14(6-2-3-7-14)10-16-9-11-4-5-13(17(18)19)12(15)8-11/h4-5,8,16H,2-3,6-7,9-10H2,1H3. The zero-order chi connectivity index (χ0) is 13.9. The maximum absolute atomic E-state index is 13.4. The van der Waals surface area contributed by atoms with Gasteiger partial charge in [0.1, 0.15) is 0 Å². The molecule has 1 N–H and O–H groups in total. The van der Waals surface area contributed by atoms with E-state index in [1.807, 2.05) is 0 Å². The van der Waals surface area contributed by atoms with Crippen molar-refractivity contribution in [2.24, 2.45) is 5.41 Å². The third kappa shape index (κ3) is 3.50. The van der Waals surface area contributed by atoms with Crippen molar-refractivity contribution < 1.29 is 9.31 Å². The van der Waals surface area contributed by atoms with Gasteiger partial charge < -0.3 is 5.32 Å². The van der Waals surface area contributed by atoms with E-state index in [9.17, 15) is 14.5 Å². The lowest BCUT2D eigenvalue weighted by atomic mass is 9.89. The highest BCUT2D eigenvalue weighted by molar-refractivity contribution is 5.34. The largest absolute Gasteiger partial charge is 0.312 e. The second kappa shape index (κ2) is 5.65. The van der Waals surface area contributed by atoms with E-state index in [0.717, 1.165) is 12.1 Å². The van der Waals surface area contributed by atoms with Crippen LogP contribution in [0.15, 0.2) is 18.2 Å². The SMILES string of the molecule is CC1(CNCc2ccc([N+](=O)[O-])c(F)c2)CCCC1. The van der Waals surface area contributed by atoms with Gasteiger partial charge in [0, 0.05) is 19.2 Å². The summed E-state index contributed by atoms with van der Waals surface area (Å²) in [6, 6.07) is 4.07. The molecule has 0 bridgehead atoms. The van der Waals surface area contributed by atoms with Crippen molar-refractivity contribution in [1.29, 1.82) is 0 Å². The number of halogens is 1. The number of benzene rings is 1. The first-order valence-corrected chi connectivity index (χ1v) is 6.64. The molecule has 19 heavy (non-hydrogen) atoms. The molecule has 0 heterocycles. The third-order valence-corrected chi connectivity index (χ3v) is 3.90. The van der Waals surface area contributed by atoms with E-state index < -0.39 is 16.4 Å². The van der Waals surface area contributed by atoms with E-state index in [2.05, 4.69) is 12.2 Å². The Morgan fingerprint density at radius 1 is 1.42 bits per heavy atom. The predicted octanol–water partition coefficient (Wildman–Crippen LogP) is 3.40. The van der Waals surface area contributed by atoms with Gasteiger partial charge in [0.05, 0.1) is 4.92 Å². The number of hydrogen-bond acceptors (Lipinski definition) is 3. The van der Waals surface area contributed by atoms with Crippen LogP contribution >= 0.6 is 0 Å². The molecule has 4 nitrogen and oxygen atoms in total. The fourth-order valence-corrected chi connectivity index (χ4v) is 2.72. The molecular formula is C14H19FN2O2. The van der Waals surface area contributed by atoms with Gasteiger partial charge in [-0.05, 0) is 29.9 Å². The molecule has 2 rings (SSSR count). The van der Waals surface area contributed by atoms with Gasteiger partial charge in [0.2, 0.25) is 5.82 Å². The Balaban J connectivity index is 1.89. The van der Waals surface area contributed by atoms with Crippen molar-refractivity contribution in [2.45, 2.75) is 39.2 Å². The average molecular weight is 266 g/mol. The number of nitrogens with zero attached hydrogens (tertiary/aromatic N) is 1. The number of nitrogens with one attached hydrogen (secondary N) is 1. The molecule has 104 valence electrons. The van der Waals surface area contributed by atoms with Crippen LogP contribution in [0.5, 0.6) is 0 Å². The first-order valence-electron chi connectivity index (χ1n) is 6.64. The summed E-state index contributed by atoms with van der Waals surface area (Å²) >= 11 is 0. The maximum Gasteiger partial charge on any atom is 0.304 e. The zero-order valence-electron chi connectivity index (χ0n) is 11.1. The van der Waals surface area contributed by atoms with Gasteiger partial charge in [0.15, 0.2) is 0 Å². The van der Waals surface area contributed by atoms with E-state index in [-0.39, 0.29) is 0 Å². The van der Waals surface area contributed by atoms with Gasteiger partial charge in [-0.25, -0.2) is 0 Å². The molecule has 0 saturated heterocycles.